The molecule has 0 amide bonds. The Morgan fingerprint density at radius 1 is 1.06 bits per heavy atom. The normalized spacial score (nSPS) is 25.2. The van der Waals surface area contributed by atoms with E-state index in [1.165, 1.54) is 31.2 Å². The van der Waals surface area contributed by atoms with Crippen LogP contribution in [0.3, 0.4) is 0 Å². The monoisotopic (exact) mass is 247 g/mol. The van der Waals surface area contributed by atoms with Gasteiger partial charge in [-0.2, -0.15) is 0 Å². The molecule has 0 heterocycles. The van der Waals surface area contributed by atoms with E-state index in [0.29, 0.717) is 0 Å². The maximum atomic E-state index is 6.23. The summed E-state index contributed by atoms with van der Waals surface area (Å²) in [6, 6.07) is 8.62. The molecule has 100 valence electrons. The molecule has 2 heteroatoms. The van der Waals surface area contributed by atoms with Gasteiger partial charge in [-0.05, 0) is 43.4 Å². The molecule has 1 aromatic carbocycles. The molecule has 18 heavy (non-hydrogen) atoms. The van der Waals surface area contributed by atoms with Gasteiger partial charge in [-0.25, -0.2) is 0 Å². The Morgan fingerprint density at radius 3 is 2.39 bits per heavy atom. The lowest BCUT2D eigenvalue weighted by Gasteiger charge is -2.27. The molecule has 2 nitrogen and oxygen atoms in total. The third kappa shape index (κ3) is 3.74. The number of hydrogen-bond acceptors (Lipinski definition) is 2. The number of rotatable bonds is 3. The molecule has 1 aliphatic rings. The number of benzene rings is 1. The zero-order valence-electron chi connectivity index (χ0n) is 11.4. The van der Waals surface area contributed by atoms with Crippen LogP contribution < -0.4 is 10.5 Å². The molecular formula is C16H25NO. The van der Waals surface area contributed by atoms with Crippen molar-refractivity contribution >= 4 is 0 Å². The van der Waals surface area contributed by atoms with Gasteiger partial charge in [-0.15, -0.1) is 0 Å². The zero-order chi connectivity index (χ0) is 12.8. The van der Waals surface area contributed by atoms with E-state index in [1.807, 2.05) is 0 Å². The Balaban J connectivity index is 1.96. The first-order chi connectivity index (χ1) is 8.79. The van der Waals surface area contributed by atoms with Crippen LogP contribution in [0.2, 0.25) is 0 Å². The van der Waals surface area contributed by atoms with Crippen LogP contribution in [0.25, 0.3) is 0 Å². The van der Waals surface area contributed by atoms with E-state index in [1.54, 1.807) is 0 Å². The average Bonchev–Trinajstić information content (AvgIpc) is 2.39. The third-order valence-corrected chi connectivity index (χ3v) is 3.87. The van der Waals surface area contributed by atoms with Crippen LogP contribution >= 0.6 is 0 Å². The Labute approximate surface area is 111 Å². The van der Waals surface area contributed by atoms with Gasteiger partial charge in [0.15, 0.2) is 0 Å². The largest absolute Gasteiger partial charge is 0.489 e. The Hall–Kier alpha value is -1.02. The van der Waals surface area contributed by atoms with Gasteiger partial charge in [-0.1, -0.05) is 38.3 Å². The molecule has 0 bridgehead atoms. The summed E-state index contributed by atoms with van der Waals surface area (Å²) in [6.07, 6.45) is 8.59. The van der Waals surface area contributed by atoms with Crippen LogP contribution in [0.15, 0.2) is 24.3 Å². The lowest BCUT2D eigenvalue weighted by atomic mass is 9.95. The van der Waals surface area contributed by atoms with Crippen molar-refractivity contribution in [3.63, 3.8) is 0 Å². The van der Waals surface area contributed by atoms with Gasteiger partial charge in [0.05, 0.1) is 0 Å². The van der Waals surface area contributed by atoms with Gasteiger partial charge < -0.3 is 10.5 Å². The maximum Gasteiger partial charge on any atom is 0.119 e. The second-order valence-electron chi connectivity index (χ2n) is 5.31. The van der Waals surface area contributed by atoms with Gasteiger partial charge in [0.25, 0.3) is 0 Å². The standard InChI is InChI=1S/C16H25NO/c1-2-13-9-11-14(12-10-13)18-16-8-6-4-3-5-7-15(16)17/h9-12,15-16H,2-8,17H2,1H3. The number of ether oxygens (including phenoxy) is 1. The van der Waals surface area contributed by atoms with Crippen molar-refractivity contribution in [2.75, 3.05) is 0 Å². The summed E-state index contributed by atoms with van der Waals surface area (Å²) < 4.78 is 6.08. The fourth-order valence-electron chi connectivity index (χ4n) is 2.60. The molecule has 2 rings (SSSR count). The van der Waals surface area contributed by atoms with Crippen LogP contribution in [0.4, 0.5) is 0 Å². The minimum absolute atomic E-state index is 0.191. The van der Waals surface area contributed by atoms with Crippen LogP contribution in [0.5, 0.6) is 5.75 Å². The minimum Gasteiger partial charge on any atom is -0.489 e. The molecule has 2 atom stereocenters. The summed E-state index contributed by atoms with van der Waals surface area (Å²) in [4.78, 5) is 0. The van der Waals surface area contributed by atoms with E-state index in [2.05, 4.69) is 31.2 Å². The van der Waals surface area contributed by atoms with Crippen molar-refractivity contribution in [1.29, 1.82) is 0 Å². The molecule has 0 radical (unpaired) electrons. The quantitative estimate of drug-likeness (QED) is 0.884. The van der Waals surface area contributed by atoms with Crippen molar-refractivity contribution in [3.8, 4) is 5.75 Å². The Bertz CT molecular complexity index is 347. The smallest absolute Gasteiger partial charge is 0.119 e. The zero-order valence-corrected chi connectivity index (χ0v) is 11.4. The molecule has 1 fully saturated rings. The summed E-state index contributed by atoms with van der Waals surface area (Å²) in [7, 11) is 0. The van der Waals surface area contributed by atoms with Gasteiger partial charge in [-0.3, -0.25) is 0 Å². The molecule has 0 aromatic heterocycles. The van der Waals surface area contributed by atoms with Gasteiger partial charge in [0, 0.05) is 6.04 Å². The molecule has 1 aromatic rings. The number of aryl methyl sites for hydroxylation is 1. The SMILES string of the molecule is CCc1ccc(OC2CCCCCCC2N)cc1. The van der Waals surface area contributed by atoms with Crippen molar-refractivity contribution in [2.45, 2.75) is 64.0 Å². The van der Waals surface area contributed by atoms with E-state index in [9.17, 15) is 0 Å². The lowest BCUT2D eigenvalue weighted by Crippen LogP contribution is -2.39. The molecule has 1 saturated carbocycles. The highest BCUT2D eigenvalue weighted by Gasteiger charge is 2.20. The first-order valence-electron chi connectivity index (χ1n) is 7.31. The van der Waals surface area contributed by atoms with Gasteiger partial charge in [0.1, 0.15) is 11.9 Å². The summed E-state index contributed by atoms with van der Waals surface area (Å²) in [6.45, 7) is 2.17. The Morgan fingerprint density at radius 2 is 1.72 bits per heavy atom. The fraction of sp³-hybridized carbons (Fsp3) is 0.625. The van der Waals surface area contributed by atoms with Crippen molar-refractivity contribution in [1.82, 2.24) is 0 Å². The highest BCUT2D eigenvalue weighted by molar-refractivity contribution is 5.27. The third-order valence-electron chi connectivity index (χ3n) is 3.87. The average molecular weight is 247 g/mol. The molecule has 0 spiro atoms. The second-order valence-corrected chi connectivity index (χ2v) is 5.31. The minimum atomic E-state index is 0.191. The van der Waals surface area contributed by atoms with E-state index < -0.39 is 0 Å². The van der Waals surface area contributed by atoms with Gasteiger partial charge >= 0.3 is 0 Å². The van der Waals surface area contributed by atoms with E-state index >= 15 is 0 Å². The molecule has 1 aliphatic carbocycles. The topological polar surface area (TPSA) is 35.2 Å². The first kappa shape index (κ1) is 13.4. The molecule has 0 aliphatic heterocycles. The summed E-state index contributed by atoms with van der Waals surface area (Å²) in [5.41, 5.74) is 7.58. The van der Waals surface area contributed by atoms with Crippen molar-refractivity contribution < 1.29 is 4.74 Å². The molecular weight excluding hydrogens is 222 g/mol. The summed E-state index contributed by atoms with van der Waals surface area (Å²) in [5.74, 6) is 0.966. The lowest BCUT2D eigenvalue weighted by molar-refractivity contribution is 0.145. The van der Waals surface area contributed by atoms with Crippen LogP contribution in [0.1, 0.15) is 51.0 Å². The first-order valence-corrected chi connectivity index (χ1v) is 7.31. The number of nitrogens with two attached hydrogens (primary N) is 1. The highest BCUT2D eigenvalue weighted by Crippen LogP contribution is 2.22. The van der Waals surface area contributed by atoms with E-state index in [4.69, 9.17) is 10.5 Å². The summed E-state index contributed by atoms with van der Waals surface area (Å²) in [5, 5.41) is 0. The van der Waals surface area contributed by atoms with E-state index in [0.717, 1.165) is 25.0 Å². The Kier molecular flexibility index (Phi) is 5.06. The van der Waals surface area contributed by atoms with Crippen LogP contribution in [0, 0.1) is 0 Å². The van der Waals surface area contributed by atoms with Gasteiger partial charge in [0.2, 0.25) is 0 Å². The fourth-order valence-corrected chi connectivity index (χ4v) is 2.60. The van der Waals surface area contributed by atoms with Crippen molar-refractivity contribution in [2.24, 2.45) is 5.73 Å². The summed E-state index contributed by atoms with van der Waals surface area (Å²) >= 11 is 0. The van der Waals surface area contributed by atoms with E-state index in [-0.39, 0.29) is 12.1 Å². The maximum absolute atomic E-state index is 6.23. The molecule has 0 saturated heterocycles. The van der Waals surface area contributed by atoms with Crippen LogP contribution in [-0.2, 0) is 6.42 Å². The number of hydrogen-bond donors (Lipinski definition) is 1. The predicted octanol–water partition coefficient (Wildman–Crippen LogP) is 3.68. The highest BCUT2D eigenvalue weighted by atomic mass is 16.5. The predicted molar refractivity (Wildman–Crippen MR) is 75.9 cm³/mol. The molecule has 2 N–H and O–H groups in total. The second kappa shape index (κ2) is 6.79. The van der Waals surface area contributed by atoms with Crippen molar-refractivity contribution in [3.05, 3.63) is 29.8 Å². The van der Waals surface area contributed by atoms with Crippen LogP contribution in [-0.4, -0.2) is 12.1 Å². The molecule has 2 unspecified atom stereocenters.